The standard InChI is InChI=1S/C12H15BrF3NO.ClH/c1-11(2,3)10(17)7-4-6(13)5-8(9(7)18)12(14,15)16;/h4-5,10,18H,17H2,1-3H3;1H/t10-;/m1./s1. The fourth-order valence-corrected chi connectivity index (χ4v) is 2.02. The number of rotatable bonds is 1. The highest BCUT2D eigenvalue weighted by Gasteiger charge is 2.37. The van der Waals surface area contributed by atoms with Gasteiger partial charge in [-0.05, 0) is 17.5 Å². The number of benzene rings is 1. The maximum Gasteiger partial charge on any atom is 0.420 e. The van der Waals surface area contributed by atoms with Crippen LogP contribution in [0.4, 0.5) is 13.2 Å². The van der Waals surface area contributed by atoms with Crippen molar-refractivity contribution < 1.29 is 18.3 Å². The third kappa shape index (κ3) is 4.26. The number of nitrogens with two attached hydrogens (primary N) is 1. The van der Waals surface area contributed by atoms with E-state index in [1.165, 1.54) is 6.07 Å². The Hall–Kier alpha value is -0.460. The molecule has 0 fully saturated rings. The smallest absolute Gasteiger partial charge is 0.420 e. The fraction of sp³-hybridized carbons (Fsp3) is 0.500. The predicted molar refractivity (Wildman–Crippen MR) is 74.4 cm³/mol. The minimum atomic E-state index is -4.61. The van der Waals surface area contributed by atoms with Crippen molar-refractivity contribution in [1.82, 2.24) is 0 Å². The zero-order valence-electron chi connectivity index (χ0n) is 10.7. The molecule has 3 N–H and O–H groups in total. The van der Waals surface area contributed by atoms with Gasteiger partial charge in [0.1, 0.15) is 5.75 Å². The van der Waals surface area contributed by atoms with E-state index in [0.29, 0.717) is 0 Å². The van der Waals surface area contributed by atoms with Gasteiger partial charge in [-0.1, -0.05) is 36.7 Å². The Bertz CT molecular complexity index is 458. The molecule has 1 aromatic carbocycles. The van der Waals surface area contributed by atoms with Crippen LogP contribution in [0.25, 0.3) is 0 Å². The van der Waals surface area contributed by atoms with Crippen molar-refractivity contribution in [3.05, 3.63) is 27.7 Å². The Balaban J connectivity index is 0.00000324. The number of aromatic hydroxyl groups is 1. The molecule has 0 bridgehead atoms. The number of hydrogen-bond donors (Lipinski definition) is 2. The van der Waals surface area contributed by atoms with Gasteiger partial charge in [-0.25, -0.2) is 0 Å². The van der Waals surface area contributed by atoms with Crippen molar-refractivity contribution >= 4 is 28.3 Å². The number of alkyl halides is 3. The average Bonchev–Trinajstić information content (AvgIpc) is 2.17. The Kier molecular flexibility index (Phi) is 5.75. The SMILES string of the molecule is CC(C)(C)[C@H](N)c1cc(Br)cc(C(F)(F)F)c1O.Cl. The summed E-state index contributed by atoms with van der Waals surface area (Å²) in [6.07, 6.45) is -4.61. The summed E-state index contributed by atoms with van der Waals surface area (Å²) >= 11 is 3.01. The van der Waals surface area contributed by atoms with Crippen LogP contribution in [0.5, 0.6) is 5.75 Å². The van der Waals surface area contributed by atoms with E-state index in [-0.39, 0.29) is 22.4 Å². The lowest BCUT2D eigenvalue weighted by molar-refractivity contribution is -0.138. The number of phenolic OH excluding ortho intramolecular Hbond substituents is 1. The van der Waals surface area contributed by atoms with Gasteiger partial charge in [-0.15, -0.1) is 12.4 Å². The topological polar surface area (TPSA) is 46.2 Å². The Morgan fingerprint density at radius 2 is 1.68 bits per heavy atom. The predicted octanol–water partition coefficient (Wildman–Crippen LogP) is 4.64. The molecule has 7 heteroatoms. The second kappa shape index (κ2) is 5.89. The van der Waals surface area contributed by atoms with E-state index in [2.05, 4.69) is 15.9 Å². The summed E-state index contributed by atoms with van der Waals surface area (Å²) in [5, 5.41) is 9.76. The van der Waals surface area contributed by atoms with Gasteiger partial charge in [0.15, 0.2) is 0 Å². The van der Waals surface area contributed by atoms with Crippen LogP contribution in [0, 0.1) is 5.41 Å². The first kappa shape index (κ1) is 18.5. The van der Waals surface area contributed by atoms with Crippen LogP contribution in [-0.2, 0) is 6.18 Å². The first-order valence-corrected chi connectivity index (χ1v) is 6.09. The fourth-order valence-electron chi connectivity index (χ4n) is 1.54. The first-order valence-electron chi connectivity index (χ1n) is 5.29. The largest absolute Gasteiger partial charge is 0.507 e. The summed E-state index contributed by atoms with van der Waals surface area (Å²) in [7, 11) is 0. The molecule has 1 aromatic rings. The molecule has 0 aromatic heterocycles. The Morgan fingerprint density at radius 3 is 2.05 bits per heavy atom. The third-order valence-electron chi connectivity index (χ3n) is 2.68. The van der Waals surface area contributed by atoms with E-state index >= 15 is 0 Å². The molecular formula is C12H16BrClF3NO. The van der Waals surface area contributed by atoms with Crippen molar-refractivity contribution in [2.75, 3.05) is 0 Å². The van der Waals surface area contributed by atoms with Gasteiger partial charge in [0.05, 0.1) is 5.56 Å². The summed E-state index contributed by atoms with van der Waals surface area (Å²) in [4.78, 5) is 0. The molecule has 0 radical (unpaired) electrons. The molecule has 0 aliphatic carbocycles. The van der Waals surface area contributed by atoms with Crippen LogP contribution in [0.15, 0.2) is 16.6 Å². The van der Waals surface area contributed by atoms with Crippen LogP contribution in [0.3, 0.4) is 0 Å². The molecule has 1 rings (SSSR count). The molecule has 0 aliphatic heterocycles. The monoisotopic (exact) mass is 361 g/mol. The van der Waals surface area contributed by atoms with Crippen molar-refractivity contribution in [3.63, 3.8) is 0 Å². The summed E-state index contributed by atoms with van der Waals surface area (Å²) in [5.41, 5.74) is 4.46. The van der Waals surface area contributed by atoms with Crippen molar-refractivity contribution in [1.29, 1.82) is 0 Å². The summed E-state index contributed by atoms with van der Waals surface area (Å²) in [6.45, 7) is 5.39. The van der Waals surface area contributed by atoms with E-state index in [0.717, 1.165) is 6.07 Å². The van der Waals surface area contributed by atoms with E-state index in [4.69, 9.17) is 5.73 Å². The Morgan fingerprint density at radius 1 is 1.21 bits per heavy atom. The molecule has 110 valence electrons. The first-order chi connectivity index (χ1) is 7.94. The molecular weight excluding hydrogens is 346 g/mol. The second-order valence-corrected chi connectivity index (χ2v) is 6.15. The molecule has 1 atom stereocenters. The van der Waals surface area contributed by atoms with Crippen molar-refractivity contribution in [2.45, 2.75) is 33.0 Å². The van der Waals surface area contributed by atoms with Gasteiger partial charge in [0.25, 0.3) is 0 Å². The normalized spacial score (nSPS) is 13.9. The molecule has 0 saturated carbocycles. The van der Waals surface area contributed by atoms with Gasteiger partial charge in [0.2, 0.25) is 0 Å². The van der Waals surface area contributed by atoms with Gasteiger partial charge < -0.3 is 10.8 Å². The van der Waals surface area contributed by atoms with Gasteiger partial charge in [-0.2, -0.15) is 13.2 Å². The van der Waals surface area contributed by atoms with Crippen LogP contribution in [0.1, 0.15) is 37.9 Å². The number of hydrogen-bond acceptors (Lipinski definition) is 2. The summed E-state index contributed by atoms with van der Waals surface area (Å²) in [6, 6.07) is 1.56. The van der Waals surface area contributed by atoms with E-state index < -0.39 is 28.9 Å². The van der Waals surface area contributed by atoms with Crippen molar-refractivity contribution in [2.24, 2.45) is 11.1 Å². The summed E-state index contributed by atoms with van der Waals surface area (Å²) < 4.78 is 38.5. The molecule has 2 nitrogen and oxygen atoms in total. The third-order valence-corrected chi connectivity index (χ3v) is 3.14. The molecule has 19 heavy (non-hydrogen) atoms. The van der Waals surface area contributed by atoms with Gasteiger partial charge in [-0.3, -0.25) is 0 Å². The maximum atomic E-state index is 12.7. The Labute approximate surface area is 124 Å². The van der Waals surface area contributed by atoms with Crippen LogP contribution in [-0.4, -0.2) is 5.11 Å². The lowest BCUT2D eigenvalue weighted by Gasteiger charge is -2.29. The highest BCUT2D eigenvalue weighted by atomic mass is 79.9. The highest BCUT2D eigenvalue weighted by molar-refractivity contribution is 9.10. The molecule has 0 unspecified atom stereocenters. The minimum absolute atomic E-state index is 0. The maximum absolute atomic E-state index is 12.7. The number of halogens is 5. The lowest BCUT2D eigenvalue weighted by Crippen LogP contribution is -2.26. The van der Waals surface area contributed by atoms with Crippen LogP contribution < -0.4 is 5.73 Å². The van der Waals surface area contributed by atoms with Gasteiger partial charge >= 0.3 is 6.18 Å². The average molecular weight is 363 g/mol. The summed E-state index contributed by atoms with van der Waals surface area (Å²) in [5.74, 6) is -0.798. The zero-order valence-corrected chi connectivity index (χ0v) is 13.1. The van der Waals surface area contributed by atoms with Crippen LogP contribution >= 0.6 is 28.3 Å². The van der Waals surface area contributed by atoms with Crippen LogP contribution in [0.2, 0.25) is 0 Å². The minimum Gasteiger partial charge on any atom is -0.507 e. The zero-order chi connectivity index (χ0) is 14.3. The molecule has 0 amide bonds. The molecule has 0 spiro atoms. The lowest BCUT2D eigenvalue weighted by atomic mass is 9.82. The van der Waals surface area contributed by atoms with Gasteiger partial charge in [0, 0.05) is 16.1 Å². The second-order valence-electron chi connectivity index (χ2n) is 5.23. The quantitative estimate of drug-likeness (QED) is 0.764. The van der Waals surface area contributed by atoms with E-state index in [1.54, 1.807) is 20.8 Å². The van der Waals surface area contributed by atoms with Crippen molar-refractivity contribution in [3.8, 4) is 5.75 Å². The number of phenols is 1. The highest BCUT2D eigenvalue weighted by Crippen LogP contribution is 2.44. The van der Waals surface area contributed by atoms with E-state index in [1.807, 2.05) is 0 Å². The van der Waals surface area contributed by atoms with E-state index in [9.17, 15) is 18.3 Å². The molecule has 0 saturated heterocycles. The molecule has 0 aliphatic rings. The molecule has 0 heterocycles.